The van der Waals surface area contributed by atoms with Gasteiger partial charge in [-0.05, 0) is 68.7 Å². The van der Waals surface area contributed by atoms with E-state index in [9.17, 15) is 19.2 Å². The summed E-state index contributed by atoms with van der Waals surface area (Å²) in [6.45, 7) is 19.7. The highest BCUT2D eigenvalue weighted by Gasteiger charge is 2.43. The first kappa shape index (κ1) is 29.4. The number of esters is 2. The second kappa shape index (κ2) is 11.3. The van der Waals surface area contributed by atoms with Gasteiger partial charge in [0.05, 0.1) is 5.92 Å². The number of hydrogen-bond donors (Lipinski definition) is 0. The van der Waals surface area contributed by atoms with Gasteiger partial charge in [-0.3, -0.25) is 4.79 Å². The standard InChI is InChI=1S/C23H39NO8/c1-12-13-29-17(25)15(2)14-16(18(26)30-21(3,4)5)24(19(27)31-22(6,7)8)20(28)32-23(9,10)11/h12,15-16H,1,13-14H2,2-11H3/t15-,16-/m0/s1. The number of rotatable bonds is 7. The summed E-state index contributed by atoms with van der Waals surface area (Å²) in [4.78, 5) is 51.9. The molecule has 0 radical (unpaired) electrons. The molecule has 0 rings (SSSR count). The third-order valence-corrected chi connectivity index (χ3v) is 3.49. The number of nitrogens with zero attached hydrogens (tertiary/aromatic N) is 1. The van der Waals surface area contributed by atoms with Crippen LogP contribution in [-0.4, -0.2) is 58.5 Å². The number of carbonyl (C=O) groups excluding carboxylic acids is 4. The maximum absolute atomic E-state index is 13.1. The van der Waals surface area contributed by atoms with Crippen LogP contribution in [0.5, 0.6) is 0 Å². The van der Waals surface area contributed by atoms with E-state index in [1.54, 1.807) is 62.3 Å². The maximum Gasteiger partial charge on any atom is 0.420 e. The van der Waals surface area contributed by atoms with Gasteiger partial charge in [0.25, 0.3) is 0 Å². The molecule has 0 fully saturated rings. The molecule has 2 amide bonds. The van der Waals surface area contributed by atoms with Crippen molar-refractivity contribution in [2.45, 2.75) is 98.5 Å². The highest BCUT2D eigenvalue weighted by atomic mass is 16.6. The van der Waals surface area contributed by atoms with Gasteiger partial charge in [0, 0.05) is 0 Å². The minimum atomic E-state index is -1.48. The molecule has 9 heteroatoms. The zero-order valence-corrected chi connectivity index (χ0v) is 21.1. The smallest absolute Gasteiger partial charge is 0.420 e. The van der Waals surface area contributed by atoms with Crippen LogP contribution >= 0.6 is 0 Å². The molecular formula is C23H39NO8. The summed E-state index contributed by atoms with van der Waals surface area (Å²) in [5, 5.41) is 0. The Bertz CT molecular complexity index is 666. The minimum absolute atomic E-state index is 0.0118. The van der Waals surface area contributed by atoms with Crippen LogP contribution in [0, 0.1) is 5.92 Å². The average molecular weight is 458 g/mol. The Morgan fingerprint density at radius 1 is 0.781 bits per heavy atom. The lowest BCUT2D eigenvalue weighted by molar-refractivity contribution is -0.162. The summed E-state index contributed by atoms with van der Waals surface area (Å²) in [6.07, 6.45) is -1.02. The van der Waals surface area contributed by atoms with E-state index in [4.69, 9.17) is 18.9 Å². The molecule has 0 saturated carbocycles. The zero-order chi connectivity index (χ0) is 25.5. The zero-order valence-electron chi connectivity index (χ0n) is 21.1. The van der Waals surface area contributed by atoms with E-state index in [-0.39, 0.29) is 13.0 Å². The number of amides is 2. The number of hydrogen-bond acceptors (Lipinski definition) is 8. The monoisotopic (exact) mass is 457 g/mol. The fourth-order valence-corrected chi connectivity index (χ4v) is 2.34. The number of carbonyl (C=O) groups is 4. The van der Waals surface area contributed by atoms with Crippen molar-refractivity contribution in [3.8, 4) is 0 Å². The van der Waals surface area contributed by atoms with Crippen molar-refractivity contribution in [3.05, 3.63) is 12.7 Å². The molecule has 0 aromatic carbocycles. The Kier molecular flexibility index (Phi) is 10.4. The van der Waals surface area contributed by atoms with Crippen molar-refractivity contribution >= 4 is 24.1 Å². The Balaban J connectivity index is 6.24. The summed E-state index contributed by atoms with van der Waals surface area (Å²) in [5.74, 6) is -2.34. The van der Waals surface area contributed by atoms with Gasteiger partial charge in [-0.2, -0.15) is 4.90 Å². The molecule has 0 aliphatic rings. The SMILES string of the molecule is C=CCOC(=O)[C@@H](C)C[C@@H](C(=O)OC(C)(C)C)N(C(=O)OC(C)(C)C)C(=O)OC(C)(C)C. The van der Waals surface area contributed by atoms with E-state index in [0.717, 1.165) is 0 Å². The average Bonchev–Trinajstić information content (AvgIpc) is 2.53. The Labute approximate surface area is 191 Å². The van der Waals surface area contributed by atoms with Crippen LogP contribution in [0.3, 0.4) is 0 Å². The largest absolute Gasteiger partial charge is 0.461 e. The van der Waals surface area contributed by atoms with Crippen LogP contribution in [0.1, 0.15) is 75.7 Å². The van der Waals surface area contributed by atoms with Crippen molar-refractivity contribution in [2.24, 2.45) is 5.92 Å². The van der Waals surface area contributed by atoms with E-state index >= 15 is 0 Å². The normalized spacial score (nSPS) is 13.9. The summed E-state index contributed by atoms with van der Waals surface area (Å²) < 4.78 is 21.2. The van der Waals surface area contributed by atoms with Crippen molar-refractivity contribution in [2.75, 3.05) is 6.61 Å². The van der Waals surface area contributed by atoms with Crippen molar-refractivity contribution in [1.29, 1.82) is 0 Å². The Hall–Kier alpha value is -2.58. The molecule has 0 aliphatic heterocycles. The molecule has 9 nitrogen and oxygen atoms in total. The number of ether oxygens (including phenoxy) is 4. The van der Waals surface area contributed by atoms with E-state index in [2.05, 4.69) is 6.58 Å². The second-order valence-electron chi connectivity index (χ2n) is 10.4. The quantitative estimate of drug-likeness (QED) is 0.309. The van der Waals surface area contributed by atoms with Crippen LogP contribution in [0.4, 0.5) is 9.59 Å². The van der Waals surface area contributed by atoms with Crippen molar-refractivity contribution in [1.82, 2.24) is 4.90 Å². The van der Waals surface area contributed by atoms with Crippen LogP contribution in [0.25, 0.3) is 0 Å². The van der Waals surface area contributed by atoms with Gasteiger partial charge in [0.1, 0.15) is 29.5 Å². The second-order valence-corrected chi connectivity index (χ2v) is 10.4. The summed E-state index contributed by atoms with van der Waals surface area (Å²) >= 11 is 0. The highest BCUT2D eigenvalue weighted by molar-refractivity contribution is 5.94. The van der Waals surface area contributed by atoms with E-state index in [1.807, 2.05) is 0 Å². The minimum Gasteiger partial charge on any atom is -0.461 e. The lowest BCUT2D eigenvalue weighted by atomic mass is 10.0. The van der Waals surface area contributed by atoms with Gasteiger partial charge in [-0.25, -0.2) is 14.4 Å². The first-order valence-corrected chi connectivity index (χ1v) is 10.5. The lowest BCUT2D eigenvalue weighted by Crippen LogP contribution is -2.54. The summed E-state index contributed by atoms with van der Waals surface area (Å²) in [6, 6.07) is -1.48. The first-order chi connectivity index (χ1) is 14.3. The third-order valence-electron chi connectivity index (χ3n) is 3.49. The van der Waals surface area contributed by atoms with Gasteiger partial charge in [0.2, 0.25) is 0 Å². The molecule has 0 spiro atoms. The molecule has 0 aromatic heterocycles. The molecule has 32 heavy (non-hydrogen) atoms. The van der Waals surface area contributed by atoms with Gasteiger partial charge < -0.3 is 18.9 Å². The molecule has 0 aliphatic carbocycles. The van der Waals surface area contributed by atoms with Crippen molar-refractivity contribution in [3.63, 3.8) is 0 Å². The van der Waals surface area contributed by atoms with E-state index in [1.165, 1.54) is 13.0 Å². The summed E-state index contributed by atoms with van der Waals surface area (Å²) in [5.41, 5.74) is -2.82. The van der Waals surface area contributed by atoms with Gasteiger partial charge in [-0.15, -0.1) is 0 Å². The molecule has 0 bridgehead atoms. The topological polar surface area (TPSA) is 108 Å². The number of imide groups is 1. The van der Waals surface area contributed by atoms with Crippen LogP contribution in [0.15, 0.2) is 12.7 Å². The molecule has 0 unspecified atom stereocenters. The molecule has 184 valence electrons. The highest BCUT2D eigenvalue weighted by Crippen LogP contribution is 2.23. The van der Waals surface area contributed by atoms with Crippen LogP contribution in [-0.2, 0) is 28.5 Å². The van der Waals surface area contributed by atoms with Gasteiger partial charge >= 0.3 is 24.1 Å². The molecule has 0 aromatic rings. The van der Waals surface area contributed by atoms with Gasteiger partial charge in [0.15, 0.2) is 0 Å². The van der Waals surface area contributed by atoms with Crippen molar-refractivity contribution < 1.29 is 38.1 Å². The first-order valence-electron chi connectivity index (χ1n) is 10.5. The maximum atomic E-state index is 13.1. The predicted octanol–water partition coefficient (Wildman–Crippen LogP) is 4.62. The molecule has 2 atom stereocenters. The van der Waals surface area contributed by atoms with E-state index < -0.39 is 52.9 Å². The lowest BCUT2D eigenvalue weighted by Gasteiger charge is -2.34. The predicted molar refractivity (Wildman–Crippen MR) is 119 cm³/mol. The van der Waals surface area contributed by atoms with Gasteiger partial charge in [-0.1, -0.05) is 19.6 Å². The summed E-state index contributed by atoms with van der Waals surface area (Å²) in [7, 11) is 0. The molecular weight excluding hydrogens is 418 g/mol. The third kappa shape index (κ3) is 11.7. The van der Waals surface area contributed by atoms with Crippen LogP contribution in [0.2, 0.25) is 0 Å². The fourth-order valence-electron chi connectivity index (χ4n) is 2.34. The molecule has 0 N–H and O–H groups in total. The Morgan fingerprint density at radius 3 is 1.53 bits per heavy atom. The Morgan fingerprint density at radius 2 is 1.19 bits per heavy atom. The van der Waals surface area contributed by atoms with Crippen LogP contribution < -0.4 is 0 Å². The fraction of sp³-hybridized carbons (Fsp3) is 0.739. The molecule has 0 saturated heterocycles. The van der Waals surface area contributed by atoms with E-state index in [0.29, 0.717) is 4.90 Å². The molecule has 0 heterocycles.